The van der Waals surface area contributed by atoms with E-state index in [2.05, 4.69) is 41.3 Å². The van der Waals surface area contributed by atoms with Crippen molar-refractivity contribution in [2.45, 2.75) is 31.5 Å². The average Bonchev–Trinajstić information content (AvgIpc) is 2.47. The minimum absolute atomic E-state index is 0.0931. The van der Waals surface area contributed by atoms with Gasteiger partial charge in [-0.25, -0.2) is 0 Å². The van der Waals surface area contributed by atoms with E-state index in [1.54, 1.807) is 0 Å². The summed E-state index contributed by atoms with van der Waals surface area (Å²) < 4.78 is 12.7. The molecule has 16 heavy (non-hydrogen) atoms. The summed E-state index contributed by atoms with van der Waals surface area (Å²) in [6.07, 6.45) is 1.00. The van der Waals surface area contributed by atoms with Crippen LogP contribution < -0.4 is 0 Å². The van der Waals surface area contributed by atoms with Crippen molar-refractivity contribution in [3.63, 3.8) is 0 Å². The van der Waals surface area contributed by atoms with Gasteiger partial charge in [0.05, 0.1) is 12.2 Å². The molecule has 2 saturated heterocycles. The van der Waals surface area contributed by atoms with Crippen LogP contribution in [0.3, 0.4) is 0 Å². The molecule has 0 aliphatic carbocycles. The highest BCUT2D eigenvalue weighted by molar-refractivity contribution is 9.11. The van der Waals surface area contributed by atoms with Gasteiger partial charge in [-0.15, -0.1) is 0 Å². The van der Waals surface area contributed by atoms with E-state index in [9.17, 15) is 0 Å². The van der Waals surface area contributed by atoms with E-state index in [1.807, 2.05) is 0 Å². The molecule has 2 fully saturated rings. The first-order valence-corrected chi connectivity index (χ1v) is 6.54. The smallest absolute Gasteiger partial charge is 0.107 e. The number of ether oxygens (including phenoxy) is 2. The Labute approximate surface area is 106 Å². The zero-order valence-electron chi connectivity index (χ0n) is 10.1. The third-order valence-electron chi connectivity index (χ3n) is 3.07. The lowest BCUT2D eigenvalue weighted by Crippen LogP contribution is -2.60. The van der Waals surface area contributed by atoms with Crippen molar-refractivity contribution in [3.8, 4) is 0 Å². The molecular formula is C12H20BrNO2. The van der Waals surface area contributed by atoms with Crippen LogP contribution in [-0.4, -0.2) is 49.0 Å². The molecule has 2 heterocycles. The second-order valence-electron chi connectivity index (χ2n) is 5.51. The van der Waals surface area contributed by atoms with Gasteiger partial charge in [-0.2, -0.15) is 0 Å². The number of hydrogen-bond donors (Lipinski definition) is 0. The van der Waals surface area contributed by atoms with Crippen molar-refractivity contribution >= 4 is 15.9 Å². The number of hydrogen-bond acceptors (Lipinski definition) is 3. The van der Waals surface area contributed by atoms with Crippen LogP contribution in [0.25, 0.3) is 0 Å². The summed E-state index contributed by atoms with van der Waals surface area (Å²) in [5.74, 6) is 0. The van der Waals surface area contributed by atoms with Crippen molar-refractivity contribution in [2.24, 2.45) is 0 Å². The predicted molar refractivity (Wildman–Crippen MR) is 67.8 cm³/mol. The van der Waals surface area contributed by atoms with E-state index in [0.29, 0.717) is 0 Å². The SMILES string of the molecule is C=C(Br)CN1CC(C)(C)OC2(CCOC2)C1. The second-order valence-corrected chi connectivity index (χ2v) is 6.63. The molecule has 0 aromatic rings. The Balaban J connectivity index is 2.09. The van der Waals surface area contributed by atoms with Gasteiger partial charge in [-0.3, -0.25) is 4.90 Å². The Morgan fingerprint density at radius 3 is 2.75 bits per heavy atom. The minimum Gasteiger partial charge on any atom is -0.378 e. The van der Waals surface area contributed by atoms with Crippen LogP contribution in [0.5, 0.6) is 0 Å². The van der Waals surface area contributed by atoms with Crippen LogP contribution >= 0.6 is 15.9 Å². The third-order valence-corrected chi connectivity index (χ3v) is 3.32. The summed E-state index contributed by atoms with van der Waals surface area (Å²) in [6.45, 7) is 12.5. The van der Waals surface area contributed by atoms with Gasteiger partial charge < -0.3 is 9.47 Å². The normalized spacial score (nSPS) is 34.4. The Morgan fingerprint density at radius 2 is 2.19 bits per heavy atom. The Morgan fingerprint density at radius 1 is 1.44 bits per heavy atom. The van der Waals surface area contributed by atoms with Crippen molar-refractivity contribution in [3.05, 3.63) is 11.1 Å². The highest BCUT2D eigenvalue weighted by Gasteiger charge is 2.46. The first-order chi connectivity index (χ1) is 7.41. The zero-order valence-corrected chi connectivity index (χ0v) is 11.7. The van der Waals surface area contributed by atoms with Gasteiger partial charge in [-0.1, -0.05) is 22.5 Å². The number of halogens is 1. The lowest BCUT2D eigenvalue weighted by atomic mass is 9.95. The summed E-state index contributed by atoms with van der Waals surface area (Å²) >= 11 is 3.44. The summed E-state index contributed by atoms with van der Waals surface area (Å²) in [6, 6.07) is 0. The summed E-state index contributed by atoms with van der Waals surface area (Å²) in [5.41, 5.74) is -0.196. The van der Waals surface area contributed by atoms with Crippen LogP contribution in [0, 0.1) is 0 Å². The molecule has 2 rings (SSSR count). The number of rotatable bonds is 2. The average molecular weight is 290 g/mol. The van der Waals surface area contributed by atoms with Gasteiger partial charge in [0.25, 0.3) is 0 Å². The predicted octanol–water partition coefficient (Wildman–Crippen LogP) is 2.16. The molecule has 92 valence electrons. The molecule has 0 aromatic carbocycles. The molecular weight excluding hydrogens is 270 g/mol. The quantitative estimate of drug-likeness (QED) is 0.778. The van der Waals surface area contributed by atoms with E-state index in [0.717, 1.165) is 43.8 Å². The molecule has 0 aromatic heterocycles. The van der Waals surface area contributed by atoms with E-state index in [-0.39, 0.29) is 11.2 Å². The van der Waals surface area contributed by atoms with Crippen LogP contribution in [0.1, 0.15) is 20.3 Å². The maximum Gasteiger partial charge on any atom is 0.107 e. The fraction of sp³-hybridized carbons (Fsp3) is 0.833. The van der Waals surface area contributed by atoms with Crippen molar-refractivity contribution in [2.75, 3.05) is 32.8 Å². The third kappa shape index (κ3) is 2.86. The van der Waals surface area contributed by atoms with E-state index >= 15 is 0 Å². The van der Waals surface area contributed by atoms with Crippen LogP contribution in [0.4, 0.5) is 0 Å². The molecule has 1 atom stereocenters. The highest BCUT2D eigenvalue weighted by atomic mass is 79.9. The lowest BCUT2D eigenvalue weighted by Gasteiger charge is -2.48. The van der Waals surface area contributed by atoms with Crippen LogP contribution in [0.15, 0.2) is 11.1 Å². The van der Waals surface area contributed by atoms with Gasteiger partial charge >= 0.3 is 0 Å². The maximum atomic E-state index is 6.22. The van der Waals surface area contributed by atoms with E-state index in [4.69, 9.17) is 9.47 Å². The maximum absolute atomic E-state index is 6.22. The second kappa shape index (κ2) is 4.41. The molecule has 1 spiro atoms. The highest BCUT2D eigenvalue weighted by Crippen LogP contribution is 2.34. The molecule has 0 radical (unpaired) electrons. The molecule has 4 heteroatoms. The lowest BCUT2D eigenvalue weighted by molar-refractivity contribution is -0.193. The van der Waals surface area contributed by atoms with Gasteiger partial charge in [0.2, 0.25) is 0 Å². The van der Waals surface area contributed by atoms with Gasteiger partial charge in [0.1, 0.15) is 5.60 Å². The molecule has 0 N–H and O–H groups in total. The molecule has 0 bridgehead atoms. The van der Waals surface area contributed by atoms with E-state index < -0.39 is 0 Å². The van der Waals surface area contributed by atoms with Gasteiger partial charge in [-0.05, 0) is 13.8 Å². The largest absolute Gasteiger partial charge is 0.378 e. The van der Waals surface area contributed by atoms with Crippen molar-refractivity contribution in [1.29, 1.82) is 0 Å². The van der Waals surface area contributed by atoms with Crippen LogP contribution in [-0.2, 0) is 9.47 Å². The fourth-order valence-electron chi connectivity index (χ4n) is 2.80. The fourth-order valence-corrected chi connectivity index (χ4v) is 3.16. The number of morpholine rings is 1. The zero-order chi connectivity index (χ0) is 11.8. The summed E-state index contributed by atoms with van der Waals surface area (Å²) in [5, 5.41) is 0. The van der Waals surface area contributed by atoms with Gasteiger partial charge in [0.15, 0.2) is 0 Å². The van der Waals surface area contributed by atoms with Crippen molar-refractivity contribution in [1.82, 2.24) is 4.90 Å². The monoisotopic (exact) mass is 289 g/mol. The topological polar surface area (TPSA) is 21.7 Å². The minimum atomic E-state index is -0.103. The van der Waals surface area contributed by atoms with Gasteiger partial charge in [0, 0.05) is 37.1 Å². The molecule has 2 aliphatic rings. The Bertz CT molecular complexity index is 285. The summed E-state index contributed by atoms with van der Waals surface area (Å²) in [7, 11) is 0. The number of nitrogens with zero attached hydrogens (tertiary/aromatic N) is 1. The van der Waals surface area contributed by atoms with Crippen LogP contribution in [0.2, 0.25) is 0 Å². The Hall–Kier alpha value is 0.1000. The Kier molecular flexibility index (Phi) is 3.46. The van der Waals surface area contributed by atoms with Crippen molar-refractivity contribution < 1.29 is 9.47 Å². The standard InChI is InChI=1S/C12H20BrNO2/c1-10(13)6-14-7-11(2,3)16-12(8-14)4-5-15-9-12/h1,4-9H2,2-3H3. The van der Waals surface area contributed by atoms with E-state index in [1.165, 1.54) is 0 Å². The molecule has 1 unspecified atom stereocenters. The first kappa shape index (κ1) is 12.6. The molecule has 0 saturated carbocycles. The molecule has 3 nitrogen and oxygen atoms in total. The molecule has 0 amide bonds. The first-order valence-electron chi connectivity index (χ1n) is 5.74. The molecule has 2 aliphatic heterocycles. The summed E-state index contributed by atoms with van der Waals surface area (Å²) in [4.78, 5) is 2.40.